The molecule has 3 N–H and O–H groups in total. The van der Waals surface area contributed by atoms with E-state index < -0.39 is 0 Å². The number of nitrogens with two attached hydrogens (primary N) is 1. The van der Waals surface area contributed by atoms with Crippen LogP contribution in [0.5, 0.6) is 0 Å². The van der Waals surface area contributed by atoms with Gasteiger partial charge in [0.1, 0.15) is 11.5 Å². The van der Waals surface area contributed by atoms with Gasteiger partial charge in [-0.3, -0.25) is 0 Å². The molecule has 17 heavy (non-hydrogen) atoms. The zero-order valence-electron chi connectivity index (χ0n) is 9.88. The zero-order chi connectivity index (χ0) is 11.9. The molecule has 1 saturated carbocycles. The highest BCUT2D eigenvalue weighted by Crippen LogP contribution is 2.47. The molecule has 1 aliphatic carbocycles. The van der Waals surface area contributed by atoms with E-state index in [9.17, 15) is 4.39 Å². The molecule has 1 aromatic rings. The molecule has 1 aromatic carbocycles. The van der Waals surface area contributed by atoms with Crippen molar-refractivity contribution in [3.63, 3.8) is 0 Å². The van der Waals surface area contributed by atoms with Gasteiger partial charge in [0.15, 0.2) is 0 Å². The predicted molar refractivity (Wildman–Crippen MR) is 67.6 cm³/mol. The molecule has 3 rings (SSSR count). The molecule has 0 amide bonds. The van der Waals surface area contributed by atoms with Crippen LogP contribution in [-0.4, -0.2) is 18.8 Å². The second-order valence-electron chi connectivity index (χ2n) is 4.97. The Morgan fingerprint density at radius 2 is 2.12 bits per heavy atom. The molecule has 2 aliphatic rings. The van der Waals surface area contributed by atoms with Gasteiger partial charge in [0.2, 0.25) is 0 Å². The third-order valence-electron chi connectivity index (χ3n) is 3.92. The highest BCUT2D eigenvalue weighted by Gasteiger charge is 2.44. The Morgan fingerprint density at radius 1 is 1.35 bits per heavy atom. The first-order valence-electron chi connectivity index (χ1n) is 6.31. The summed E-state index contributed by atoms with van der Waals surface area (Å²) in [6.07, 6.45) is 4.68. The van der Waals surface area contributed by atoms with Crippen molar-refractivity contribution in [2.24, 2.45) is 5.73 Å². The minimum absolute atomic E-state index is 0.00447. The van der Waals surface area contributed by atoms with E-state index in [1.54, 1.807) is 6.07 Å². The minimum atomic E-state index is -0.181. The molecule has 0 unspecified atom stereocenters. The molecule has 1 aliphatic heterocycles. The number of fused-ring (bicyclic) bond motifs is 1. The van der Waals surface area contributed by atoms with Gasteiger partial charge in [-0.2, -0.15) is 0 Å². The molecule has 1 heterocycles. The molecule has 92 valence electrons. The number of halogens is 1. The SMILES string of the molecule is NCCN1c2ccc(F)cc2NC12CCCC2. The molecule has 0 saturated heterocycles. The summed E-state index contributed by atoms with van der Waals surface area (Å²) in [4.78, 5) is 2.33. The Kier molecular flexibility index (Phi) is 2.47. The molecule has 0 radical (unpaired) electrons. The van der Waals surface area contributed by atoms with Gasteiger partial charge >= 0.3 is 0 Å². The van der Waals surface area contributed by atoms with E-state index in [0.717, 1.165) is 30.8 Å². The van der Waals surface area contributed by atoms with Crippen LogP contribution < -0.4 is 16.0 Å². The average Bonchev–Trinajstić information content (AvgIpc) is 2.87. The number of anilines is 2. The van der Waals surface area contributed by atoms with Crippen LogP contribution >= 0.6 is 0 Å². The summed E-state index contributed by atoms with van der Waals surface area (Å²) < 4.78 is 13.3. The van der Waals surface area contributed by atoms with E-state index in [1.807, 2.05) is 6.07 Å². The van der Waals surface area contributed by atoms with Gasteiger partial charge in [-0.1, -0.05) is 0 Å². The first-order valence-corrected chi connectivity index (χ1v) is 6.31. The summed E-state index contributed by atoms with van der Waals surface area (Å²) in [6.45, 7) is 1.45. The Labute approximate surface area is 101 Å². The number of nitrogens with zero attached hydrogens (tertiary/aromatic N) is 1. The molecule has 4 heteroatoms. The summed E-state index contributed by atoms with van der Waals surface area (Å²) in [5, 5.41) is 3.52. The van der Waals surface area contributed by atoms with Gasteiger partial charge in [-0.25, -0.2) is 4.39 Å². The van der Waals surface area contributed by atoms with Gasteiger partial charge < -0.3 is 16.0 Å². The molecular weight excluding hydrogens is 217 g/mol. The summed E-state index contributed by atoms with van der Waals surface area (Å²) >= 11 is 0. The van der Waals surface area contributed by atoms with Crippen molar-refractivity contribution in [3.05, 3.63) is 24.0 Å². The largest absolute Gasteiger partial charge is 0.361 e. The Bertz CT molecular complexity index is 427. The fourth-order valence-electron chi connectivity index (χ4n) is 3.21. The molecule has 1 fully saturated rings. The quantitative estimate of drug-likeness (QED) is 0.826. The summed E-state index contributed by atoms with van der Waals surface area (Å²) in [5.41, 5.74) is 7.71. The van der Waals surface area contributed by atoms with Crippen molar-refractivity contribution >= 4 is 11.4 Å². The van der Waals surface area contributed by atoms with E-state index in [1.165, 1.54) is 18.9 Å². The maximum absolute atomic E-state index is 13.3. The number of rotatable bonds is 2. The number of hydrogen-bond donors (Lipinski definition) is 2. The Balaban J connectivity index is 2.01. The van der Waals surface area contributed by atoms with Crippen LogP contribution in [0, 0.1) is 5.82 Å². The molecule has 0 bridgehead atoms. The summed E-state index contributed by atoms with van der Waals surface area (Å²) in [6, 6.07) is 4.98. The standard InChI is InChI=1S/C13H18FN3/c14-10-3-4-12-11(9-10)16-13(5-1-2-6-13)17(12)8-7-15/h3-4,9,16H,1-2,5-8,15H2. The van der Waals surface area contributed by atoms with Crippen LogP contribution in [0.2, 0.25) is 0 Å². The van der Waals surface area contributed by atoms with Gasteiger partial charge in [0.05, 0.1) is 11.4 Å². The molecular formula is C13H18FN3. The lowest BCUT2D eigenvalue weighted by molar-refractivity contribution is 0.467. The smallest absolute Gasteiger partial charge is 0.125 e. The normalized spacial score (nSPS) is 20.7. The lowest BCUT2D eigenvalue weighted by Crippen LogP contribution is -2.50. The van der Waals surface area contributed by atoms with Crippen LogP contribution in [0.3, 0.4) is 0 Å². The third-order valence-corrected chi connectivity index (χ3v) is 3.92. The van der Waals surface area contributed by atoms with Crippen LogP contribution in [0.15, 0.2) is 18.2 Å². The van der Waals surface area contributed by atoms with Gasteiger partial charge in [0, 0.05) is 13.1 Å². The average molecular weight is 235 g/mol. The number of benzene rings is 1. The van der Waals surface area contributed by atoms with Gasteiger partial charge in [0.25, 0.3) is 0 Å². The monoisotopic (exact) mass is 235 g/mol. The highest BCUT2D eigenvalue weighted by molar-refractivity contribution is 5.78. The van der Waals surface area contributed by atoms with Crippen molar-refractivity contribution in [3.8, 4) is 0 Å². The fraction of sp³-hybridized carbons (Fsp3) is 0.538. The fourth-order valence-corrected chi connectivity index (χ4v) is 3.21. The molecule has 0 atom stereocenters. The zero-order valence-corrected chi connectivity index (χ0v) is 9.88. The first kappa shape index (κ1) is 10.8. The van der Waals surface area contributed by atoms with Crippen LogP contribution in [0.1, 0.15) is 25.7 Å². The second kappa shape index (κ2) is 3.88. The second-order valence-corrected chi connectivity index (χ2v) is 4.97. The maximum Gasteiger partial charge on any atom is 0.125 e. The van der Waals surface area contributed by atoms with Crippen molar-refractivity contribution in [1.29, 1.82) is 0 Å². The van der Waals surface area contributed by atoms with Gasteiger partial charge in [-0.05, 0) is 43.9 Å². The topological polar surface area (TPSA) is 41.3 Å². The van der Waals surface area contributed by atoms with E-state index in [0.29, 0.717) is 6.54 Å². The van der Waals surface area contributed by atoms with E-state index in [-0.39, 0.29) is 11.5 Å². The van der Waals surface area contributed by atoms with Crippen molar-refractivity contribution < 1.29 is 4.39 Å². The van der Waals surface area contributed by atoms with Crippen LogP contribution in [-0.2, 0) is 0 Å². The number of nitrogens with one attached hydrogen (secondary N) is 1. The Hall–Kier alpha value is -1.29. The van der Waals surface area contributed by atoms with Crippen LogP contribution in [0.4, 0.5) is 15.8 Å². The minimum Gasteiger partial charge on any atom is -0.361 e. The van der Waals surface area contributed by atoms with E-state index in [4.69, 9.17) is 5.73 Å². The lowest BCUT2D eigenvalue weighted by atomic mass is 10.1. The molecule has 0 aromatic heterocycles. The van der Waals surface area contributed by atoms with Crippen molar-refractivity contribution in [1.82, 2.24) is 0 Å². The highest BCUT2D eigenvalue weighted by atomic mass is 19.1. The predicted octanol–water partition coefficient (Wildman–Crippen LogP) is 2.29. The summed E-state index contributed by atoms with van der Waals surface area (Å²) in [5.74, 6) is -0.181. The summed E-state index contributed by atoms with van der Waals surface area (Å²) in [7, 11) is 0. The first-order chi connectivity index (χ1) is 8.25. The van der Waals surface area contributed by atoms with E-state index >= 15 is 0 Å². The van der Waals surface area contributed by atoms with Crippen LogP contribution in [0.25, 0.3) is 0 Å². The Morgan fingerprint density at radius 3 is 2.82 bits per heavy atom. The van der Waals surface area contributed by atoms with Gasteiger partial charge in [-0.15, -0.1) is 0 Å². The molecule has 1 spiro atoms. The van der Waals surface area contributed by atoms with Crippen molar-refractivity contribution in [2.75, 3.05) is 23.3 Å². The van der Waals surface area contributed by atoms with E-state index in [2.05, 4.69) is 10.2 Å². The third kappa shape index (κ3) is 1.59. The number of hydrogen-bond acceptors (Lipinski definition) is 3. The van der Waals surface area contributed by atoms with Crippen molar-refractivity contribution in [2.45, 2.75) is 31.3 Å². The molecule has 3 nitrogen and oxygen atoms in total. The maximum atomic E-state index is 13.3. The lowest BCUT2D eigenvalue weighted by Gasteiger charge is -2.36.